The van der Waals surface area contributed by atoms with Gasteiger partial charge in [0.15, 0.2) is 0 Å². The largest absolute Gasteiger partial charge is 0.322 e. The summed E-state index contributed by atoms with van der Waals surface area (Å²) in [6, 6.07) is 15.9. The van der Waals surface area contributed by atoms with Crippen LogP contribution >= 0.6 is 46.7 Å². The van der Waals surface area contributed by atoms with Crippen LogP contribution < -0.4 is 0 Å². The first-order chi connectivity index (χ1) is 12.7. The molecule has 7 heteroatoms. The molecule has 3 nitrogen and oxygen atoms in total. The Balaban J connectivity index is 1.88. The molecule has 3 aromatic rings. The molecule has 0 fully saturated rings. The average molecular weight is 420 g/mol. The molecule has 26 heavy (non-hydrogen) atoms. The van der Waals surface area contributed by atoms with Crippen LogP contribution in [0.3, 0.4) is 0 Å². The summed E-state index contributed by atoms with van der Waals surface area (Å²) in [6.45, 7) is 0. The van der Waals surface area contributed by atoms with Gasteiger partial charge in [0.1, 0.15) is 10.8 Å². The number of imidazole rings is 1. The maximum atomic E-state index is 9.32. The first-order valence-corrected chi connectivity index (χ1v) is 10.5. The third-order valence-electron chi connectivity index (χ3n) is 3.79. The lowest BCUT2D eigenvalue weighted by Gasteiger charge is -2.26. The summed E-state index contributed by atoms with van der Waals surface area (Å²) >= 11 is 15.2. The number of thiocyanates is 1. The Morgan fingerprint density at radius 2 is 1.92 bits per heavy atom. The number of rotatable bonds is 7. The van der Waals surface area contributed by atoms with Crippen LogP contribution in [-0.4, -0.2) is 9.55 Å². The summed E-state index contributed by atoms with van der Waals surface area (Å²) in [5, 5.41) is 12.7. The number of nitrogens with zero attached hydrogens (tertiary/aromatic N) is 3. The van der Waals surface area contributed by atoms with Crippen molar-refractivity contribution in [2.24, 2.45) is 0 Å². The van der Waals surface area contributed by atoms with Crippen molar-refractivity contribution in [3.05, 3.63) is 88.4 Å². The van der Waals surface area contributed by atoms with Crippen molar-refractivity contribution >= 4 is 46.7 Å². The lowest BCUT2D eigenvalue weighted by atomic mass is 10.1. The van der Waals surface area contributed by atoms with E-state index in [0.29, 0.717) is 10.0 Å². The highest BCUT2D eigenvalue weighted by Crippen LogP contribution is 2.46. The number of benzene rings is 2. The highest BCUT2D eigenvalue weighted by Gasteiger charge is 2.26. The maximum absolute atomic E-state index is 9.32. The topological polar surface area (TPSA) is 41.6 Å². The van der Waals surface area contributed by atoms with Gasteiger partial charge < -0.3 is 4.57 Å². The second kappa shape index (κ2) is 9.38. The quantitative estimate of drug-likeness (QED) is 0.405. The summed E-state index contributed by atoms with van der Waals surface area (Å²) in [4.78, 5) is 4.14. The average Bonchev–Trinajstić information content (AvgIpc) is 3.19. The molecular weight excluding hydrogens is 405 g/mol. The van der Waals surface area contributed by atoms with Gasteiger partial charge in [-0.15, -0.1) is 11.8 Å². The van der Waals surface area contributed by atoms with Crippen LogP contribution in [0.2, 0.25) is 10.0 Å². The Morgan fingerprint density at radius 3 is 2.58 bits per heavy atom. The van der Waals surface area contributed by atoms with Crippen LogP contribution in [0.15, 0.2) is 67.3 Å². The van der Waals surface area contributed by atoms with Crippen LogP contribution in [0.25, 0.3) is 0 Å². The molecule has 1 heterocycles. The van der Waals surface area contributed by atoms with Crippen molar-refractivity contribution in [3.63, 3.8) is 0 Å². The van der Waals surface area contributed by atoms with Crippen LogP contribution in [0, 0.1) is 10.7 Å². The fourth-order valence-corrected chi connectivity index (χ4v) is 5.12. The minimum atomic E-state index is -0.0855. The molecule has 2 atom stereocenters. The molecule has 0 amide bonds. The van der Waals surface area contributed by atoms with E-state index in [2.05, 4.69) is 22.5 Å². The summed E-state index contributed by atoms with van der Waals surface area (Å²) in [6.07, 6.45) is 5.38. The van der Waals surface area contributed by atoms with E-state index in [1.54, 1.807) is 24.3 Å². The van der Waals surface area contributed by atoms with E-state index in [4.69, 9.17) is 23.2 Å². The van der Waals surface area contributed by atoms with Gasteiger partial charge in [-0.05, 0) is 35.0 Å². The molecule has 3 rings (SSSR count). The molecule has 1 aromatic heterocycles. The Kier molecular flexibility index (Phi) is 6.93. The minimum absolute atomic E-state index is 0.0736. The van der Waals surface area contributed by atoms with Crippen molar-refractivity contribution in [3.8, 4) is 5.40 Å². The normalized spacial score (nSPS) is 13.1. The van der Waals surface area contributed by atoms with E-state index in [1.807, 2.05) is 47.2 Å². The van der Waals surface area contributed by atoms with Crippen molar-refractivity contribution in [2.45, 2.75) is 16.4 Å². The van der Waals surface area contributed by atoms with Gasteiger partial charge in [0.25, 0.3) is 0 Å². The van der Waals surface area contributed by atoms with Crippen molar-refractivity contribution in [1.29, 1.82) is 5.26 Å². The Hall–Kier alpha value is -1.58. The summed E-state index contributed by atoms with van der Waals surface area (Å²) in [7, 11) is 0. The van der Waals surface area contributed by atoms with Crippen LogP contribution in [0.1, 0.15) is 21.8 Å². The SMILES string of the molecule is N#CSC(C(SCc1ccc(Cl)c(Cl)c1)c1ccccc1)n1ccnc1. The van der Waals surface area contributed by atoms with E-state index < -0.39 is 0 Å². The molecule has 132 valence electrons. The van der Waals surface area contributed by atoms with Crippen LogP contribution in [-0.2, 0) is 5.75 Å². The number of hydrogen-bond donors (Lipinski definition) is 0. The fourth-order valence-electron chi connectivity index (χ4n) is 2.55. The number of halogens is 2. The van der Waals surface area contributed by atoms with E-state index in [1.165, 1.54) is 17.3 Å². The molecule has 2 aromatic carbocycles. The van der Waals surface area contributed by atoms with E-state index >= 15 is 0 Å². The van der Waals surface area contributed by atoms with Gasteiger partial charge in [-0.1, -0.05) is 59.6 Å². The molecular formula is C19H15Cl2N3S2. The Morgan fingerprint density at radius 1 is 1.12 bits per heavy atom. The standard InChI is InChI=1S/C19H15Cl2N3S2/c20-16-7-6-14(10-17(16)21)11-25-18(15-4-2-1-3-5-15)19(26-12-22)24-9-8-23-13-24/h1-10,13,18-19H,11H2. The third kappa shape index (κ3) is 4.77. The van der Waals surface area contributed by atoms with E-state index in [0.717, 1.165) is 11.3 Å². The van der Waals surface area contributed by atoms with Gasteiger partial charge in [-0.25, -0.2) is 4.98 Å². The third-order valence-corrected chi connectivity index (χ3v) is 6.96. The number of thioether (sulfide) groups is 2. The monoisotopic (exact) mass is 419 g/mol. The fraction of sp³-hybridized carbons (Fsp3) is 0.158. The number of hydrogen-bond acceptors (Lipinski definition) is 4. The molecule has 0 saturated heterocycles. The summed E-state index contributed by atoms with van der Waals surface area (Å²) in [5.41, 5.74) is 2.26. The van der Waals surface area contributed by atoms with Gasteiger partial charge >= 0.3 is 0 Å². The second-order valence-electron chi connectivity index (χ2n) is 5.50. The Labute approximate surface area is 171 Å². The van der Waals surface area contributed by atoms with Crippen molar-refractivity contribution in [2.75, 3.05) is 0 Å². The highest BCUT2D eigenvalue weighted by molar-refractivity contribution is 8.05. The molecule has 2 unspecified atom stereocenters. The van der Waals surface area contributed by atoms with Crippen molar-refractivity contribution in [1.82, 2.24) is 9.55 Å². The zero-order valence-electron chi connectivity index (χ0n) is 13.6. The number of nitriles is 1. The molecule has 0 saturated carbocycles. The Bertz CT molecular complexity index is 880. The zero-order valence-corrected chi connectivity index (χ0v) is 16.8. The smallest absolute Gasteiger partial charge is 0.135 e. The number of aromatic nitrogens is 2. The molecule has 0 bridgehead atoms. The van der Waals surface area contributed by atoms with Gasteiger partial charge in [0.2, 0.25) is 0 Å². The molecule has 0 aliphatic rings. The van der Waals surface area contributed by atoms with Gasteiger partial charge in [0.05, 0.1) is 21.6 Å². The predicted octanol–water partition coefficient (Wildman–Crippen LogP) is 6.58. The van der Waals surface area contributed by atoms with E-state index in [9.17, 15) is 5.26 Å². The second-order valence-corrected chi connectivity index (χ2v) is 8.35. The molecule has 0 N–H and O–H groups in total. The molecule has 0 radical (unpaired) electrons. The van der Waals surface area contributed by atoms with Crippen LogP contribution in [0.5, 0.6) is 0 Å². The van der Waals surface area contributed by atoms with Crippen molar-refractivity contribution < 1.29 is 0 Å². The zero-order chi connectivity index (χ0) is 18.4. The molecule has 0 spiro atoms. The first-order valence-electron chi connectivity index (χ1n) is 7.81. The van der Waals surface area contributed by atoms with Gasteiger partial charge in [0, 0.05) is 18.1 Å². The first kappa shape index (κ1) is 19.2. The van der Waals surface area contributed by atoms with Gasteiger partial charge in [-0.2, -0.15) is 5.26 Å². The minimum Gasteiger partial charge on any atom is -0.322 e. The van der Waals surface area contributed by atoms with Gasteiger partial charge in [-0.3, -0.25) is 0 Å². The maximum Gasteiger partial charge on any atom is 0.135 e. The van der Waals surface area contributed by atoms with E-state index in [-0.39, 0.29) is 10.6 Å². The lowest BCUT2D eigenvalue weighted by Crippen LogP contribution is -2.11. The summed E-state index contributed by atoms with van der Waals surface area (Å²) in [5.74, 6) is 0.758. The highest BCUT2D eigenvalue weighted by atomic mass is 35.5. The molecule has 0 aliphatic heterocycles. The molecule has 0 aliphatic carbocycles. The van der Waals surface area contributed by atoms with Crippen LogP contribution in [0.4, 0.5) is 0 Å². The summed E-state index contributed by atoms with van der Waals surface area (Å²) < 4.78 is 1.98. The predicted molar refractivity (Wildman–Crippen MR) is 111 cm³/mol. The lowest BCUT2D eigenvalue weighted by molar-refractivity contribution is 0.664.